The molecule has 9 nitrogen and oxygen atoms in total. The van der Waals surface area contributed by atoms with E-state index in [2.05, 4.69) is 20.3 Å². The number of azo groups is 1. The minimum atomic E-state index is -0.631. The molecule has 0 saturated carbocycles. The highest BCUT2D eigenvalue weighted by Gasteiger charge is 2.19. The lowest BCUT2D eigenvalue weighted by Crippen LogP contribution is -2.13. The van der Waals surface area contributed by atoms with E-state index in [1.807, 2.05) is 60.0 Å². The average molecular weight is 497 g/mol. The van der Waals surface area contributed by atoms with Gasteiger partial charge in [-0.2, -0.15) is 4.68 Å². The maximum absolute atomic E-state index is 13.5. The van der Waals surface area contributed by atoms with Crippen molar-refractivity contribution in [2.75, 3.05) is 7.11 Å². The molecule has 5 rings (SSSR count). The number of methoxy groups -OCH3 is 1. The Bertz CT molecular complexity index is 1620. The number of nitrogens with one attached hydrogen (secondary N) is 1. The Morgan fingerprint density at radius 1 is 0.972 bits per heavy atom. The maximum Gasteiger partial charge on any atom is 0.301 e. The van der Waals surface area contributed by atoms with Gasteiger partial charge in [-0.3, -0.25) is 14.7 Å². The number of hydrogen-bond donors (Lipinski definition) is 2. The molecule has 0 aliphatic rings. The molecular formula is C26H20N6O3S. The fraction of sp³-hybridized carbons (Fsp3) is 0.0385. The zero-order valence-electron chi connectivity index (χ0n) is 19.1. The van der Waals surface area contributed by atoms with Gasteiger partial charge in [-0.25, -0.2) is 4.98 Å². The number of thiazole rings is 1. The molecule has 0 unspecified atom stereocenters. The van der Waals surface area contributed by atoms with Crippen LogP contribution >= 0.6 is 11.3 Å². The maximum atomic E-state index is 13.5. The highest BCUT2D eigenvalue weighted by atomic mass is 32.1. The van der Waals surface area contributed by atoms with Gasteiger partial charge in [0.1, 0.15) is 5.75 Å². The number of benzene rings is 3. The number of ether oxygens (including phenoxy) is 1. The molecule has 5 aromatic rings. The van der Waals surface area contributed by atoms with Crippen molar-refractivity contribution < 1.29 is 9.53 Å². The molecule has 0 fully saturated rings. The Morgan fingerprint density at radius 3 is 2.42 bits per heavy atom. The number of amides is 1. The molecule has 3 aromatic carbocycles. The number of nitrogens with zero attached hydrogens (tertiary/aromatic N) is 4. The van der Waals surface area contributed by atoms with Gasteiger partial charge < -0.3 is 10.5 Å². The van der Waals surface area contributed by atoms with E-state index in [1.165, 1.54) is 16.0 Å². The summed E-state index contributed by atoms with van der Waals surface area (Å²) in [6.07, 6.45) is 0. The highest BCUT2D eigenvalue weighted by Crippen LogP contribution is 2.30. The SMILES string of the molecule is COc1ccc(-c2csc(-n3[nH]c(-c4ccccc4)c(N=Nc4ccccc4C(N)=O)c3=O)n2)cc1. The Hall–Kier alpha value is -4.83. The second-order valence-electron chi connectivity index (χ2n) is 7.67. The molecular weight excluding hydrogens is 476 g/mol. The van der Waals surface area contributed by atoms with Gasteiger partial charge in [-0.15, -0.1) is 21.6 Å². The third-order valence-electron chi connectivity index (χ3n) is 5.42. The number of rotatable bonds is 7. The summed E-state index contributed by atoms with van der Waals surface area (Å²) in [5.41, 5.74) is 8.43. The van der Waals surface area contributed by atoms with Crippen molar-refractivity contribution in [2.45, 2.75) is 0 Å². The van der Waals surface area contributed by atoms with Crippen molar-refractivity contribution in [3.63, 3.8) is 0 Å². The zero-order valence-corrected chi connectivity index (χ0v) is 19.9. The number of carbonyl (C=O) groups excluding carboxylic acids is 1. The Labute approximate surface area is 209 Å². The molecule has 0 atom stereocenters. The van der Waals surface area contributed by atoms with E-state index >= 15 is 0 Å². The van der Waals surface area contributed by atoms with E-state index in [-0.39, 0.29) is 16.9 Å². The van der Waals surface area contributed by atoms with Crippen LogP contribution < -0.4 is 16.0 Å². The van der Waals surface area contributed by atoms with Crippen LogP contribution in [-0.2, 0) is 0 Å². The second-order valence-corrected chi connectivity index (χ2v) is 8.50. The molecule has 0 aliphatic heterocycles. The van der Waals surface area contributed by atoms with Gasteiger partial charge in [-0.05, 0) is 36.4 Å². The summed E-state index contributed by atoms with van der Waals surface area (Å²) < 4.78 is 6.56. The van der Waals surface area contributed by atoms with E-state index in [0.717, 1.165) is 22.6 Å². The van der Waals surface area contributed by atoms with Crippen molar-refractivity contribution in [2.24, 2.45) is 16.0 Å². The van der Waals surface area contributed by atoms with Crippen LogP contribution in [0.2, 0.25) is 0 Å². The van der Waals surface area contributed by atoms with Gasteiger partial charge >= 0.3 is 5.56 Å². The first kappa shape index (κ1) is 22.9. The van der Waals surface area contributed by atoms with Gasteiger partial charge in [0.05, 0.1) is 29.7 Å². The van der Waals surface area contributed by atoms with E-state index in [9.17, 15) is 9.59 Å². The van der Waals surface area contributed by atoms with E-state index < -0.39 is 11.5 Å². The van der Waals surface area contributed by atoms with Crippen LogP contribution in [0, 0.1) is 0 Å². The second kappa shape index (κ2) is 9.80. The molecule has 36 heavy (non-hydrogen) atoms. The summed E-state index contributed by atoms with van der Waals surface area (Å²) in [5, 5.41) is 13.9. The number of nitrogens with two attached hydrogens (primary N) is 1. The van der Waals surface area contributed by atoms with Gasteiger partial charge in [0.25, 0.3) is 5.91 Å². The Kier molecular flexibility index (Phi) is 6.25. The largest absolute Gasteiger partial charge is 0.497 e. The molecule has 0 saturated heterocycles. The summed E-state index contributed by atoms with van der Waals surface area (Å²) in [7, 11) is 1.61. The molecule has 1 amide bonds. The topological polar surface area (TPSA) is 128 Å². The third-order valence-corrected chi connectivity index (χ3v) is 6.25. The number of H-pyrrole nitrogens is 1. The molecule has 0 aliphatic carbocycles. The van der Waals surface area contributed by atoms with Crippen molar-refractivity contribution in [1.29, 1.82) is 0 Å². The Balaban J connectivity index is 1.59. The van der Waals surface area contributed by atoms with Crippen LogP contribution in [0.4, 0.5) is 11.4 Å². The van der Waals surface area contributed by atoms with E-state index in [1.54, 1.807) is 31.4 Å². The predicted molar refractivity (Wildman–Crippen MR) is 139 cm³/mol. The smallest absolute Gasteiger partial charge is 0.301 e. The summed E-state index contributed by atoms with van der Waals surface area (Å²) in [4.78, 5) is 29.9. The first-order chi connectivity index (χ1) is 17.5. The average Bonchev–Trinajstić information content (AvgIpc) is 3.53. The highest BCUT2D eigenvalue weighted by molar-refractivity contribution is 7.12. The monoisotopic (exact) mass is 496 g/mol. The quantitative estimate of drug-likeness (QED) is 0.289. The van der Waals surface area contributed by atoms with Crippen LogP contribution in [-0.4, -0.2) is 27.8 Å². The van der Waals surface area contributed by atoms with Crippen LogP contribution in [0.25, 0.3) is 27.6 Å². The van der Waals surface area contributed by atoms with Crippen molar-refractivity contribution >= 4 is 28.6 Å². The molecule has 2 aromatic heterocycles. The number of aromatic amines is 1. The standard InChI is InChI=1S/C26H20N6O3S/c1-35-18-13-11-16(12-14-18)21-15-36-26(28-21)32-25(34)23(22(31-32)17-7-3-2-4-8-17)30-29-20-10-6-5-9-19(20)24(27)33/h2-15,31H,1H3,(H2,27,33). The molecule has 10 heteroatoms. The molecule has 0 spiro atoms. The van der Waals surface area contributed by atoms with E-state index in [0.29, 0.717) is 10.8 Å². The molecule has 178 valence electrons. The van der Waals surface area contributed by atoms with Gasteiger partial charge in [0.15, 0.2) is 5.69 Å². The number of hydrogen-bond acceptors (Lipinski definition) is 7. The first-order valence-corrected chi connectivity index (χ1v) is 11.7. The van der Waals surface area contributed by atoms with Crippen LogP contribution in [0.1, 0.15) is 10.4 Å². The summed E-state index contributed by atoms with van der Waals surface area (Å²) >= 11 is 1.32. The minimum Gasteiger partial charge on any atom is -0.497 e. The molecule has 2 heterocycles. The number of aromatic nitrogens is 3. The van der Waals surface area contributed by atoms with Crippen LogP contribution in [0.3, 0.4) is 0 Å². The molecule has 0 bridgehead atoms. The summed E-state index contributed by atoms with van der Waals surface area (Å²) in [6, 6.07) is 23.4. The van der Waals surface area contributed by atoms with Crippen molar-refractivity contribution in [3.05, 3.63) is 100 Å². The number of primary amides is 1. The lowest BCUT2D eigenvalue weighted by Gasteiger charge is -2.01. The van der Waals surface area contributed by atoms with Crippen LogP contribution in [0.15, 0.2) is 99.3 Å². The first-order valence-electron chi connectivity index (χ1n) is 10.9. The van der Waals surface area contributed by atoms with Crippen molar-refractivity contribution in [3.8, 4) is 33.4 Å². The normalized spacial score (nSPS) is 11.1. The fourth-order valence-electron chi connectivity index (χ4n) is 3.60. The fourth-order valence-corrected chi connectivity index (χ4v) is 4.39. The zero-order chi connectivity index (χ0) is 25.1. The summed E-state index contributed by atoms with van der Waals surface area (Å²) in [6.45, 7) is 0. The van der Waals surface area contributed by atoms with Crippen molar-refractivity contribution in [1.82, 2.24) is 14.8 Å². The lowest BCUT2D eigenvalue weighted by molar-refractivity contribution is 0.100. The van der Waals surface area contributed by atoms with Gasteiger partial charge in [-0.1, -0.05) is 42.5 Å². The van der Waals surface area contributed by atoms with Gasteiger partial charge in [0.2, 0.25) is 5.13 Å². The Morgan fingerprint density at radius 2 is 1.69 bits per heavy atom. The van der Waals surface area contributed by atoms with Gasteiger partial charge in [0, 0.05) is 16.5 Å². The molecule has 0 radical (unpaired) electrons. The lowest BCUT2D eigenvalue weighted by atomic mass is 10.1. The third kappa shape index (κ3) is 4.44. The predicted octanol–water partition coefficient (Wildman–Crippen LogP) is 5.48. The summed E-state index contributed by atoms with van der Waals surface area (Å²) in [5.74, 6) is 0.114. The number of carbonyl (C=O) groups is 1. The van der Waals surface area contributed by atoms with Crippen LogP contribution in [0.5, 0.6) is 5.75 Å². The molecule has 3 N–H and O–H groups in total. The van der Waals surface area contributed by atoms with E-state index in [4.69, 9.17) is 10.5 Å². The minimum absolute atomic E-state index is 0.0849.